The first-order valence-electron chi connectivity index (χ1n) is 7.24. The van der Waals surface area contributed by atoms with Gasteiger partial charge in [-0.1, -0.05) is 13.8 Å². The van der Waals surface area contributed by atoms with Gasteiger partial charge in [0.2, 0.25) is 0 Å². The Morgan fingerprint density at radius 3 is 2.72 bits per heavy atom. The summed E-state index contributed by atoms with van der Waals surface area (Å²) in [5, 5.41) is 14.6. The Kier molecular flexibility index (Phi) is 3.14. The fourth-order valence-electron chi connectivity index (χ4n) is 3.21. The molecule has 0 spiro atoms. The first-order chi connectivity index (χ1) is 8.65. The second kappa shape index (κ2) is 4.65. The maximum absolute atomic E-state index is 9.91. The van der Waals surface area contributed by atoms with Crippen LogP contribution < -0.4 is 0 Å². The summed E-state index contributed by atoms with van der Waals surface area (Å²) in [5.74, 6) is 2.87. The summed E-state index contributed by atoms with van der Waals surface area (Å²) in [6.45, 7) is 4.54. The predicted molar refractivity (Wildman–Crippen MR) is 69.2 cm³/mol. The third kappa shape index (κ3) is 2.30. The third-order valence-electron chi connectivity index (χ3n) is 4.51. The average Bonchev–Trinajstić information content (AvgIpc) is 3.07. The molecule has 0 radical (unpaired) electrons. The second-order valence-electron chi connectivity index (χ2n) is 6.30. The van der Waals surface area contributed by atoms with Crippen LogP contribution >= 0.6 is 0 Å². The van der Waals surface area contributed by atoms with E-state index >= 15 is 0 Å². The van der Waals surface area contributed by atoms with Crippen LogP contribution in [-0.2, 0) is 0 Å². The Balaban J connectivity index is 1.80. The van der Waals surface area contributed by atoms with Gasteiger partial charge in [-0.15, -0.1) is 0 Å². The van der Waals surface area contributed by atoms with Gasteiger partial charge >= 0.3 is 0 Å². The number of hydrogen-bond donors (Lipinski definition) is 1. The second-order valence-corrected chi connectivity index (χ2v) is 6.30. The highest BCUT2D eigenvalue weighted by Gasteiger charge is 2.34. The largest absolute Gasteiger partial charge is 0.393 e. The Labute approximate surface area is 108 Å². The van der Waals surface area contributed by atoms with Gasteiger partial charge in [-0.05, 0) is 43.9 Å². The molecule has 0 bridgehead atoms. The summed E-state index contributed by atoms with van der Waals surface area (Å²) in [6, 6.07) is 0.328. The van der Waals surface area contributed by atoms with E-state index in [1.54, 1.807) is 0 Å². The van der Waals surface area contributed by atoms with E-state index in [1.807, 2.05) is 11.0 Å². The molecule has 0 amide bonds. The Morgan fingerprint density at radius 1 is 1.28 bits per heavy atom. The molecule has 0 aromatic carbocycles. The fraction of sp³-hybridized carbons (Fsp3) is 0.857. The van der Waals surface area contributed by atoms with Gasteiger partial charge in [-0.2, -0.15) is 5.10 Å². The first kappa shape index (κ1) is 12.2. The molecule has 4 heteroatoms. The maximum atomic E-state index is 9.91. The Morgan fingerprint density at radius 2 is 2.06 bits per heavy atom. The summed E-state index contributed by atoms with van der Waals surface area (Å²) < 4.78 is 2.03. The molecule has 18 heavy (non-hydrogen) atoms. The van der Waals surface area contributed by atoms with E-state index in [-0.39, 0.29) is 6.10 Å². The van der Waals surface area contributed by atoms with Gasteiger partial charge in [0.1, 0.15) is 6.33 Å². The lowest BCUT2D eigenvalue weighted by Gasteiger charge is -2.36. The highest BCUT2D eigenvalue weighted by atomic mass is 16.3. The molecular weight excluding hydrogens is 226 g/mol. The SMILES string of the molecule is CC(C)C1CCC(O)CC1n1cnc(C2CC2)n1. The number of nitrogens with zero attached hydrogens (tertiary/aromatic N) is 3. The minimum Gasteiger partial charge on any atom is -0.393 e. The van der Waals surface area contributed by atoms with E-state index in [4.69, 9.17) is 0 Å². The molecule has 1 heterocycles. The average molecular weight is 249 g/mol. The van der Waals surface area contributed by atoms with Crippen molar-refractivity contribution in [2.45, 2.75) is 64.0 Å². The van der Waals surface area contributed by atoms with Crippen molar-refractivity contribution in [2.24, 2.45) is 11.8 Å². The molecule has 4 nitrogen and oxygen atoms in total. The summed E-state index contributed by atoms with van der Waals surface area (Å²) >= 11 is 0. The van der Waals surface area contributed by atoms with Crippen molar-refractivity contribution >= 4 is 0 Å². The van der Waals surface area contributed by atoms with Crippen LogP contribution in [0.3, 0.4) is 0 Å². The van der Waals surface area contributed by atoms with Crippen molar-refractivity contribution in [2.75, 3.05) is 0 Å². The number of hydrogen-bond acceptors (Lipinski definition) is 3. The summed E-state index contributed by atoms with van der Waals surface area (Å²) in [7, 11) is 0. The normalized spacial score (nSPS) is 33.0. The molecule has 3 atom stereocenters. The van der Waals surface area contributed by atoms with Gasteiger partial charge in [0.05, 0.1) is 12.1 Å². The molecule has 3 rings (SSSR count). The summed E-state index contributed by atoms with van der Waals surface area (Å²) in [6.07, 6.45) is 7.06. The maximum Gasteiger partial charge on any atom is 0.153 e. The lowest BCUT2D eigenvalue weighted by molar-refractivity contribution is 0.0519. The molecule has 1 N–H and O–H groups in total. The zero-order chi connectivity index (χ0) is 12.7. The van der Waals surface area contributed by atoms with Gasteiger partial charge in [0.15, 0.2) is 5.82 Å². The molecule has 2 fully saturated rings. The van der Waals surface area contributed by atoms with Gasteiger partial charge < -0.3 is 5.11 Å². The van der Waals surface area contributed by atoms with Crippen LogP contribution in [0.25, 0.3) is 0 Å². The molecule has 2 aliphatic rings. The van der Waals surface area contributed by atoms with Crippen molar-refractivity contribution in [1.82, 2.24) is 14.8 Å². The molecule has 0 saturated heterocycles. The molecule has 2 aliphatic carbocycles. The lowest BCUT2D eigenvalue weighted by Crippen LogP contribution is -2.33. The highest BCUT2D eigenvalue weighted by Crippen LogP contribution is 2.40. The zero-order valence-corrected chi connectivity index (χ0v) is 11.3. The van der Waals surface area contributed by atoms with Crippen molar-refractivity contribution in [3.8, 4) is 0 Å². The van der Waals surface area contributed by atoms with Gasteiger partial charge in [0, 0.05) is 5.92 Å². The molecule has 1 aromatic heterocycles. The van der Waals surface area contributed by atoms with Crippen LogP contribution in [0, 0.1) is 11.8 Å². The van der Waals surface area contributed by atoms with Crippen LogP contribution in [0.4, 0.5) is 0 Å². The van der Waals surface area contributed by atoms with Gasteiger partial charge in [-0.25, -0.2) is 9.67 Å². The van der Waals surface area contributed by atoms with Crippen LogP contribution in [0.15, 0.2) is 6.33 Å². The van der Waals surface area contributed by atoms with E-state index in [1.165, 1.54) is 12.8 Å². The van der Waals surface area contributed by atoms with Crippen LogP contribution in [-0.4, -0.2) is 26.0 Å². The van der Waals surface area contributed by atoms with Crippen molar-refractivity contribution in [1.29, 1.82) is 0 Å². The molecule has 1 aromatic rings. The first-order valence-corrected chi connectivity index (χ1v) is 7.24. The van der Waals surface area contributed by atoms with Crippen molar-refractivity contribution in [3.05, 3.63) is 12.2 Å². The van der Waals surface area contributed by atoms with Crippen molar-refractivity contribution < 1.29 is 5.11 Å². The summed E-state index contributed by atoms with van der Waals surface area (Å²) in [4.78, 5) is 4.44. The molecule has 100 valence electrons. The standard InChI is InChI=1S/C14H23N3O/c1-9(2)12-6-5-11(18)7-13(12)17-8-15-14(16-17)10-3-4-10/h8-13,18H,3-7H2,1-2H3. The Bertz CT molecular complexity index is 411. The van der Waals surface area contributed by atoms with Crippen LogP contribution in [0.1, 0.15) is 63.7 Å². The van der Waals surface area contributed by atoms with E-state index in [9.17, 15) is 5.11 Å². The highest BCUT2D eigenvalue weighted by molar-refractivity contribution is 5.03. The van der Waals surface area contributed by atoms with E-state index in [0.29, 0.717) is 23.8 Å². The number of aromatic nitrogens is 3. The van der Waals surface area contributed by atoms with Crippen molar-refractivity contribution in [3.63, 3.8) is 0 Å². The van der Waals surface area contributed by atoms with Gasteiger partial charge in [0.25, 0.3) is 0 Å². The number of aliphatic hydroxyl groups is 1. The summed E-state index contributed by atoms with van der Waals surface area (Å²) in [5.41, 5.74) is 0. The third-order valence-corrected chi connectivity index (χ3v) is 4.51. The molecular formula is C14H23N3O. The predicted octanol–water partition coefficient (Wildman–Crippen LogP) is 2.51. The molecule has 0 aliphatic heterocycles. The monoisotopic (exact) mass is 249 g/mol. The van der Waals surface area contributed by atoms with Gasteiger partial charge in [-0.3, -0.25) is 0 Å². The number of aliphatic hydroxyl groups excluding tert-OH is 1. The fourth-order valence-corrected chi connectivity index (χ4v) is 3.21. The minimum atomic E-state index is -0.168. The lowest BCUT2D eigenvalue weighted by atomic mass is 9.77. The van der Waals surface area contributed by atoms with Crippen LogP contribution in [0.2, 0.25) is 0 Å². The van der Waals surface area contributed by atoms with E-state index < -0.39 is 0 Å². The number of rotatable bonds is 3. The van der Waals surface area contributed by atoms with Crippen LogP contribution in [0.5, 0.6) is 0 Å². The Hall–Kier alpha value is -0.900. The zero-order valence-electron chi connectivity index (χ0n) is 11.3. The van der Waals surface area contributed by atoms with E-state index in [2.05, 4.69) is 23.9 Å². The topological polar surface area (TPSA) is 50.9 Å². The molecule has 2 saturated carbocycles. The molecule has 3 unspecified atom stereocenters. The minimum absolute atomic E-state index is 0.168. The quantitative estimate of drug-likeness (QED) is 0.895. The smallest absolute Gasteiger partial charge is 0.153 e. The van der Waals surface area contributed by atoms with E-state index in [0.717, 1.165) is 25.1 Å².